The lowest BCUT2D eigenvalue weighted by molar-refractivity contribution is -0.144. The number of rotatable bonds is 3. The summed E-state index contributed by atoms with van der Waals surface area (Å²) < 4.78 is 4.85. The third kappa shape index (κ3) is 2.50. The first-order chi connectivity index (χ1) is 6.25. The van der Waals surface area contributed by atoms with Gasteiger partial charge in [0.2, 0.25) is 0 Å². The molecule has 1 aromatic rings. The lowest BCUT2D eigenvalue weighted by Crippen LogP contribution is -2.14. The van der Waals surface area contributed by atoms with Gasteiger partial charge in [-0.2, -0.15) is 0 Å². The molecule has 4 heteroatoms. The van der Waals surface area contributed by atoms with Gasteiger partial charge in [-0.3, -0.25) is 14.8 Å². The van der Waals surface area contributed by atoms with Crippen molar-refractivity contribution >= 4 is 5.97 Å². The Morgan fingerprint density at radius 3 is 2.92 bits per heavy atom. The highest BCUT2D eigenvalue weighted by Gasteiger charge is 2.17. The van der Waals surface area contributed by atoms with Gasteiger partial charge < -0.3 is 4.74 Å². The Morgan fingerprint density at radius 1 is 1.62 bits per heavy atom. The molecule has 0 aliphatic rings. The largest absolute Gasteiger partial charge is 0.465 e. The van der Waals surface area contributed by atoms with Crippen LogP contribution in [0.15, 0.2) is 18.6 Å². The lowest BCUT2D eigenvalue weighted by atomic mass is 10.1. The molecule has 70 valence electrons. The molecule has 1 rings (SSSR count). The van der Waals surface area contributed by atoms with Crippen molar-refractivity contribution < 1.29 is 9.53 Å². The van der Waals surface area contributed by atoms with E-state index in [1.807, 2.05) is 0 Å². The average molecular weight is 180 g/mol. The zero-order valence-corrected chi connectivity index (χ0v) is 7.73. The molecule has 0 spiro atoms. The molecule has 13 heavy (non-hydrogen) atoms. The molecule has 0 N–H and O–H groups in total. The highest BCUT2D eigenvalue weighted by molar-refractivity contribution is 5.76. The van der Waals surface area contributed by atoms with Crippen LogP contribution >= 0.6 is 0 Å². The summed E-state index contributed by atoms with van der Waals surface area (Å²) >= 11 is 0. The fourth-order valence-corrected chi connectivity index (χ4v) is 0.922. The predicted molar refractivity (Wildman–Crippen MR) is 47.1 cm³/mol. The van der Waals surface area contributed by atoms with Gasteiger partial charge in [-0.05, 0) is 13.8 Å². The topological polar surface area (TPSA) is 52.1 Å². The molecular formula is C9H12N2O2. The second-order valence-corrected chi connectivity index (χ2v) is 2.60. The van der Waals surface area contributed by atoms with Gasteiger partial charge in [0, 0.05) is 18.6 Å². The van der Waals surface area contributed by atoms with Crippen LogP contribution in [0.3, 0.4) is 0 Å². The number of carbonyl (C=O) groups excluding carboxylic acids is 1. The second-order valence-electron chi connectivity index (χ2n) is 2.60. The standard InChI is InChI=1S/C9H12N2O2/c1-3-13-9(12)7(2)8-6-10-4-5-11-8/h4-7H,3H2,1-2H3. The summed E-state index contributed by atoms with van der Waals surface area (Å²) in [6.07, 6.45) is 4.70. The highest BCUT2D eigenvalue weighted by atomic mass is 16.5. The molecule has 1 heterocycles. The van der Waals surface area contributed by atoms with Crippen LogP contribution in [-0.2, 0) is 9.53 Å². The number of carbonyl (C=O) groups is 1. The molecule has 4 nitrogen and oxygen atoms in total. The van der Waals surface area contributed by atoms with Crippen molar-refractivity contribution in [1.82, 2.24) is 9.97 Å². The van der Waals surface area contributed by atoms with Gasteiger partial charge in [0.15, 0.2) is 0 Å². The van der Waals surface area contributed by atoms with Crippen molar-refractivity contribution in [3.8, 4) is 0 Å². The van der Waals surface area contributed by atoms with Crippen LogP contribution in [0, 0.1) is 0 Å². The van der Waals surface area contributed by atoms with Gasteiger partial charge in [-0.1, -0.05) is 0 Å². The Balaban J connectivity index is 2.68. The Bertz CT molecular complexity index is 274. The number of aromatic nitrogens is 2. The Hall–Kier alpha value is -1.45. The maximum absolute atomic E-state index is 11.3. The smallest absolute Gasteiger partial charge is 0.314 e. The minimum Gasteiger partial charge on any atom is -0.465 e. The average Bonchev–Trinajstić information content (AvgIpc) is 2.18. The number of hydrogen-bond acceptors (Lipinski definition) is 4. The van der Waals surface area contributed by atoms with E-state index in [2.05, 4.69) is 9.97 Å². The highest BCUT2D eigenvalue weighted by Crippen LogP contribution is 2.11. The van der Waals surface area contributed by atoms with Crippen LogP contribution < -0.4 is 0 Å². The van der Waals surface area contributed by atoms with E-state index in [1.165, 1.54) is 0 Å². The minimum absolute atomic E-state index is 0.261. The van der Waals surface area contributed by atoms with Crippen molar-refractivity contribution in [2.45, 2.75) is 19.8 Å². The van der Waals surface area contributed by atoms with Crippen molar-refractivity contribution in [3.05, 3.63) is 24.3 Å². The van der Waals surface area contributed by atoms with E-state index in [4.69, 9.17) is 4.74 Å². The summed E-state index contributed by atoms with van der Waals surface area (Å²) in [5.74, 6) is -0.600. The number of hydrogen-bond donors (Lipinski definition) is 0. The molecule has 1 unspecified atom stereocenters. The zero-order valence-electron chi connectivity index (χ0n) is 7.73. The summed E-state index contributed by atoms with van der Waals surface area (Å²) in [6, 6.07) is 0. The van der Waals surface area contributed by atoms with Crippen LogP contribution in [0.2, 0.25) is 0 Å². The SMILES string of the molecule is CCOC(=O)C(C)c1cnccn1. The fraction of sp³-hybridized carbons (Fsp3) is 0.444. The van der Waals surface area contributed by atoms with Crippen molar-refractivity contribution in [3.63, 3.8) is 0 Å². The molecule has 0 amide bonds. The first-order valence-electron chi connectivity index (χ1n) is 4.18. The van der Waals surface area contributed by atoms with Crippen molar-refractivity contribution in [1.29, 1.82) is 0 Å². The molecule has 0 radical (unpaired) electrons. The molecule has 0 saturated heterocycles. The summed E-state index contributed by atoms with van der Waals surface area (Å²) in [6.45, 7) is 3.92. The monoisotopic (exact) mass is 180 g/mol. The zero-order chi connectivity index (χ0) is 9.68. The van der Waals surface area contributed by atoms with Gasteiger partial charge in [-0.15, -0.1) is 0 Å². The first kappa shape index (κ1) is 9.64. The number of nitrogens with zero attached hydrogens (tertiary/aromatic N) is 2. The predicted octanol–water partition coefficient (Wildman–Crippen LogP) is 1.14. The maximum Gasteiger partial charge on any atom is 0.314 e. The molecular weight excluding hydrogens is 168 g/mol. The molecule has 1 aromatic heterocycles. The first-order valence-corrected chi connectivity index (χ1v) is 4.18. The van der Waals surface area contributed by atoms with Gasteiger partial charge in [0.1, 0.15) is 0 Å². The Kier molecular flexibility index (Phi) is 3.37. The van der Waals surface area contributed by atoms with Gasteiger partial charge >= 0.3 is 5.97 Å². The normalized spacial score (nSPS) is 12.2. The lowest BCUT2D eigenvalue weighted by Gasteiger charge is -2.08. The van der Waals surface area contributed by atoms with E-state index in [0.29, 0.717) is 12.3 Å². The molecule has 0 bridgehead atoms. The minimum atomic E-state index is -0.339. The summed E-state index contributed by atoms with van der Waals surface area (Å²) in [4.78, 5) is 19.2. The van der Waals surface area contributed by atoms with Crippen LogP contribution in [-0.4, -0.2) is 22.5 Å². The van der Waals surface area contributed by atoms with E-state index in [9.17, 15) is 4.79 Å². The van der Waals surface area contributed by atoms with Gasteiger partial charge in [0.25, 0.3) is 0 Å². The second kappa shape index (κ2) is 4.54. The summed E-state index contributed by atoms with van der Waals surface area (Å²) in [7, 11) is 0. The summed E-state index contributed by atoms with van der Waals surface area (Å²) in [5.41, 5.74) is 0.640. The van der Waals surface area contributed by atoms with Crippen LogP contribution in [0.5, 0.6) is 0 Å². The van der Waals surface area contributed by atoms with E-state index >= 15 is 0 Å². The van der Waals surface area contributed by atoms with E-state index in [-0.39, 0.29) is 11.9 Å². The van der Waals surface area contributed by atoms with Crippen LogP contribution in [0.4, 0.5) is 0 Å². The van der Waals surface area contributed by atoms with Crippen LogP contribution in [0.25, 0.3) is 0 Å². The third-order valence-electron chi connectivity index (χ3n) is 1.67. The molecule has 0 aromatic carbocycles. The fourth-order valence-electron chi connectivity index (χ4n) is 0.922. The number of ether oxygens (including phenoxy) is 1. The van der Waals surface area contributed by atoms with E-state index < -0.39 is 0 Å². The quantitative estimate of drug-likeness (QED) is 0.654. The maximum atomic E-state index is 11.3. The molecule has 0 aliphatic carbocycles. The van der Waals surface area contributed by atoms with E-state index in [1.54, 1.807) is 32.4 Å². The molecule has 1 atom stereocenters. The third-order valence-corrected chi connectivity index (χ3v) is 1.67. The molecule has 0 saturated carbocycles. The van der Waals surface area contributed by atoms with Crippen LogP contribution in [0.1, 0.15) is 25.5 Å². The van der Waals surface area contributed by atoms with E-state index in [0.717, 1.165) is 0 Å². The van der Waals surface area contributed by atoms with Crippen molar-refractivity contribution in [2.24, 2.45) is 0 Å². The molecule has 0 fully saturated rings. The number of esters is 1. The summed E-state index contributed by atoms with van der Waals surface area (Å²) in [5, 5.41) is 0. The Labute approximate surface area is 77.0 Å². The van der Waals surface area contributed by atoms with Gasteiger partial charge in [0.05, 0.1) is 18.2 Å². The van der Waals surface area contributed by atoms with Gasteiger partial charge in [-0.25, -0.2) is 0 Å². The molecule has 0 aliphatic heterocycles. The Morgan fingerprint density at radius 2 is 2.38 bits per heavy atom. The van der Waals surface area contributed by atoms with Crippen molar-refractivity contribution in [2.75, 3.05) is 6.61 Å².